The second kappa shape index (κ2) is 7.77. The summed E-state index contributed by atoms with van der Waals surface area (Å²) < 4.78 is 16.8. The largest absolute Gasteiger partial charge is 0.492 e. The number of hydrogen-bond acceptors (Lipinski definition) is 7. The number of aliphatic hydroxyl groups excluding tert-OH is 1. The van der Waals surface area contributed by atoms with Crippen molar-refractivity contribution in [2.45, 2.75) is 31.4 Å². The number of nitrogens with zero attached hydrogens (tertiary/aromatic N) is 2. The zero-order valence-corrected chi connectivity index (χ0v) is 16.1. The average Bonchev–Trinajstić information content (AvgIpc) is 3.17. The van der Waals surface area contributed by atoms with Crippen LogP contribution in [0, 0.1) is 0 Å². The van der Waals surface area contributed by atoms with Crippen LogP contribution in [-0.4, -0.2) is 48.3 Å². The van der Waals surface area contributed by atoms with Crippen LogP contribution in [0.25, 0.3) is 0 Å². The van der Waals surface area contributed by atoms with Crippen molar-refractivity contribution in [2.24, 2.45) is 0 Å². The Kier molecular flexibility index (Phi) is 5.19. The van der Waals surface area contributed by atoms with Crippen LogP contribution in [0.15, 0.2) is 30.5 Å². The normalized spacial score (nSPS) is 19.2. The number of aliphatic hydroxyl groups is 1. The van der Waals surface area contributed by atoms with E-state index in [9.17, 15) is 9.90 Å². The van der Waals surface area contributed by atoms with Gasteiger partial charge in [0, 0.05) is 37.2 Å². The fourth-order valence-electron chi connectivity index (χ4n) is 3.98. The molecule has 28 heavy (non-hydrogen) atoms. The predicted octanol–water partition coefficient (Wildman–Crippen LogP) is 2.43. The van der Waals surface area contributed by atoms with Gasteiger partial charge in [-0.1, -0.05) is 6.07 Å². The summed E-state index contributed by atoms with van der Waals surface area (Å²) in [6.07, 6.45) is 1.87. The van der Waals surface area contributed by atoms with E-state index < -0.39 is 6.10 Å². The van der Waals surface area contributed by atoms with E-state index in [0.29, 0.717) is 22.9 Å². The van der Waals surface area contributed by atoms with Gasteiger partial charge >= 0.3 is 0 Å². The zero-order chi connectivity index (χ0) is 19.7. The maximum Gasteiger partial charge on any atom is 0.231 e. The van der Waals surface area contributed by atoms with E-state index in [-0.39, 0.29) is 31.5 Å². The number of benzene rings is 1. The molecule has 2 atom stereocenters. The third kappa shape index (κ3) is 3.43. The van der Waals surface area contributed by atoms with E-state index in [1.807, 2.05) is 13.1 Å². The molecular weight excluding hydrogens is 360 g/mol. The number of likely N-dealkylation sites (N-methyl/N-ethyl adjacent to an activating group) is 1. The molecule has 1 N–H and O–H groups in total. The number of hydrogen-bond donors (Lipinski definition) is 1. The number of carbonyl (C=O) groups is 1. The van der Waals surface area contributed by atoms with Crippen LogP contribution >= 0.6 is 0 Å². The lowest BCUT2D eigenvalue weighted by atomic mass is 9.87. The first kappa shape index (κ1) is 18.7. The van der Waals surface area contributed by atoms with Crippen molar-refractivity contribution in [1.29, 1.82) is 0 Å². The number of fused-ring (bicyclic) bond motifs is 2. The molecule has 0 saturated carbocycles. The van der Waals surface area contributed by atoms with Gasteiger partial charge in [-0.25, -0.2) is 0 Å². The summed E-state index contributed by atoms with van der Waals surface area (Å²) in [7, 11) is 3.61. The van der Waals surface area contributed by atoms with Crippen molar-refractivity contribution in [3.63, 3.8) is 0 Å². The highest BCUT2D eigenvalue weighted by Crippen LogP contribution is 2.50. The van der Waals surface area contributed by atoms with Gasteiger partial charge in [-0.3, -0.25) is 14.7 Å². The highest BCUT2D eigenvalue weighted by atomic mass is 16.7. The van der Waals surface area contributed by atoms with E-state index >= 15 is 0 Å². The minimum absolute atomic E-state index is 0.0254. The zero-order valence-electron chi connectivity index (χ0n) is 16.1. The highest BCUT2D eigenvalue weighted by Gasteiger charge is 2.35. The van der Waals surface area contributed by atoms with Gasteiger partial charge in [-0.05, 0) is 37.2 Å². The molecule has 2 aromatic rings. The summed E-state index contributed by atoms with van der Waals surface area (Å²) in [5, 5.41) is 10.4. The second-order valence-corrected chi connectivity index (χ2v) is 7.18. The lowest BCUT2D eigenvalue weighted by molar-refractivity contribution is -0.122. The summed E-state index contributed by atoms with van der Waals surface area (Å²) in [6.45, 7) is 1.00. The molecule has 0 bridgehead atoms. The number of aromatic nitrogens is 1. The number of ether oxygens (including phenoxy) is 3. The number of rotatable bonds is 6. The Morgan fingerprint density at radius 1 is 1.43 bits per heavy atom. The smallest absolute Gasteiger partial charge is 0.231 e. The summed E-state index contributed by atoms with van der Waals surface area (Å²) >= 11 is 0. The summed E-state index contributed by atoms with van der Waals surface area (Å²) in [5.74, 6) is 1.90. The van der Waals surface area contributed by atoms with E-state index in [2.05, 4.69) is 9.88 Å². The molecule has 0 saturated heterocycles. The lowest BCUT2D eigenvalue weighted by Gasteiger charge is -2.35. The standard InChI is InChI=1S/C21H24N2O5/c1-23-8-6-13-9-18-20(28-12-27-18)21(26-2)19(13)16(23)10-14(24)11-17(25)15-5-3-4-7-22-15/h3-5,7,9,16-17,25H,6,8,10-12H2,1-2H3/t16-,17-/m0/s1. The van der Waals surface area contributed by atoms with Crippen molar-refractivity contribution >= 4 is 5.78 Å². The Morgan fingerprint density at radius 3 is 3.04 bits per heavy atom. The summed E-state index contributed by atoms with van der Waals surface area (Å²) in [4.78, 5) is 19.1. The van der Waals surface area contributed by atoms with Crippen LogP contribution in [-0.2, 0) is 11.2 Å². The molecule has 1 aromatic heterocycles. The molecule has 7 heteroatoms. The van der Waals surface area contributed by atoms with Gasteiger partial charge in [0.1, 0.15) is 11.9 Å². The molecule has 0 amide bonds. The Hall–Kier alpha value is -2.64. The number of ketones is 1. The first-order valence-electron chi connectivity index (χ1n) is 9.38. The van der Waals surface area contributed by atoms with Crippen molar-refractivity contribution in [3.05, 3.63) is 47.3 Å². The van der Waals surface area contributed by atoms with Gasteiger partial charge < -0.3 is 19.3 Å². The maximum absolute atomic E-state index is 12.8. The van der Waals surface area contributed by atoms with Gasteiger partial charge in [0.2, 0.25) is 12.5 Å². The van der Waals surface area contributed by atoms with Crippen LogP contribution in [0.4, 0.5) is 0 Å². The lowest BCUT2D eigenvalue weighted by Crippen LogP contribution is -2.34. The average molecular weight is 384 g/mol. The van der Waals surface area contributed by atoms with Crippen LogP contribution in [0.1, 0.15) is 41.8 Å². The van der Waals surface area contributed by atoms with Crippen molar-refractivity contribution in [2.75, 3.05) is 27.5 Å². The summed E-state index contributed by atoms with van der Waals surface area (Å²) in [5.41, 5.74) is 2.60. The molecular formula is C21H24N2O5. The molecule has 0 aliphatic carbocycles. The summed E-state index contributed by atoms with van der Waals surface area (Å²) in [6, 6.07) is 7.16. The Balaban J connectivity index is 1.58. The third-order valence-electron chi connectivity index (χ3n) is 5.42. The van der Waals surface area contributed by atoms with Crippen LogP contribution in [0.5, 0.6) is 17.2 Å². The molecule has 2 aliphatic rings. The van der Waals surface area contributed by atoms with Crippen LogP contribution < -0.4 is 14.2 Å². The first-order valence-corrected chi connectivity index (χ1v) is 9.38. The van der Waals surface area contributed by atoms with E-state index in [1.54, 1.807) is 31.5 Å². The fourth-order valence-corrected chi connectivity index (χ4v) is 3.98. The molecule has 3 heterocycles. The van der Waals surface area contributed by atoms with Crippen LogP contribution in [0.2, 0.25) is 0 Å². The number of Topliss-reactive ketones (excluding diaryl/α,β-unsaturated/α-hetero) is 1. The SMILES string of the molecule is COc1c2c(cc3c1[C@H](CC(=O)C[C@H](O)c1ccccn1)N(C)CC3)OCO2. The molecule has 148 valence electrons. The monoisotopic (exact) mass is 384 g/mol. The van der Waals surface area contributed by atoms with Crippen molar-refractivity contribution in [3.8, 4) is 17.2 Å². The predicted molar refractivity (Wildman–Crippen MR) is 102 cm³/mol. The molecule has 0 unspecified atom stereocenters. The Labute approximate surface area is 163 Å². The quantitative estimate of drug-likeness (QED) is 0.819. The number of carbonyl (C=O) groups excluding carboxylic acids is 1. The van der Waals surface area contributed by atoms with Crippen LogP contribution in [0.3, 0.4) is 0 Å². The molecule has 0 radical (unpaired) electrons. The third-order valence-corrected chi connectivity index (χ3v) is 5.42. The van der Waals surface area contributed by atoms with Crippen molar-refractivity contribution < 1.29 is 24.1 Å². The molecule has 7 nitrogen and oxygen atoms in total. The van der Waals surface area contributed by atoms with E-state index in [1.165, 1.54) is 0 Å². The molecule has 0 spiro atoms. The maximum atomic E-state index is 12.8. The molecule has 1 aromatic carbocycles. The van der Waals surface area contributed by atoms with Crippen molar-refractivity contribution in [1.82, 2.24) is 9.88 Å². The topological polar surface area (TPSA) is 81.1 Å². The van der Waals surface area contributed by atoms with E-state index in [0.717, 1.165) is 24.1 Å². The minimum Gasteiger partial charge on any atom is -0.492 e. The highest BCUT2D eigenvalue weighted by molar-refractivity contribution is 5.80. The van der Waals surface area contributed by atoms with E-state index in [4.69, 9.17) is 14.2 Å². The molecule has 4 rings (SSSR count). The van der Waals surface area contributed by atoms with Gasteiger partial charge in [0.05, 0.1) is 12.8 Å². The fraction of sp³-hybridized carbons (Fsp3) is 0.429. The number of pyridine rings is 1. The number of methoxy groups -OCH3 is 1. The Morgan fingerprint density at radius 2 is 2.29 bits per heavy atom. The van der Waals surface area contributed by atoms with Gasteiger partial charge in [-0.2, -0.15) is 0 Å². The van der Waals surface area contributed by atoms with Gasteiger partial charge in [0.15, 0.2) is 11.5 Å². The van der Waals surface area contributed by atoms with Gasteiger partial charge in [-0.15, -0.1) is 0 Å². The second-order valence-electron chi connectivity index (χ2n) is 7.18. The Bertz CT molecular complexity index is 871. The molecule has 0 fully saturated rings. The molecule has 2 aliphatic heterocycles. The van der Waals surface area contributed by atoms with Gasteiger partial charge in [0.25, 0.3) is 0 Å². The minimum atomic E-state index is -0.902. The first-order chi connectivity index (χ1) is 13.6.